The van der Waals surface area contributed by atoms with Gasteiger partial charge in [0.25, 0.3) is 5.91 Å². The number of carbonyl (C=O) groups is 4. The van der Waals surface area contributed by atoms with E-state index in [0.717, 1.165) is 29.7 Å². The first-order valence-electron chi connectivity index (χ1n) is 11.3. The molecule has 1 heterocycles. The Morgan fingerprint density at radius 3 is 2.56 bits per heavy atom. The van der Waals surface area contributed by atoms with Gasteiger partial charge in [-0.3, -0.25) is 14.4 Å². The maximum absolute atomic E-state index is 13.0. The van der Waals surface area contributed by atoms with Gasteiger partial charge in [0.05, 0.1) is 18.6 Å². The number of ketones is 1. The molecule has 2 atom stereocenters. The van der Waals surface area contributed by atoms with Crippen LogP contribution in [0.5, 0.6) is 0 Å². The molecule has 0 aliphatic heterocycles. The Bertz CT molecular complexity index is 1080. The van der Waals surface area contributed by atoms with Crippen molar-refractivity contribution < 1.29 is 33.0 Å². The average Bonchev–Trinajstić information content (AvgIpc) is 3.14. The topological polar surface area (TPSA) is 98.8 Å². The number of amides is 1. The van der Waals surface area contributed by atoms with Gasteiger partial charge in [0.15, 0.2) is 11.9 Å². The van der Waals surface area contributed by atoms with Crippen LogP contribution in [0.15, 0.2) is 24.3 Å². The fourth-order valence-corrected chi connectivity index (χ4v) is 5.18. The number of hydrogen-bond acceptors (Lipinski definition) is 7. The highest BCUT2D eigenvalue weighted by molar-refractivity contribution is 7.17. The number of thiophene rings is 1. The number of hydrogen-bond donors (Lipinski definition) is 1. The molecule has 0 spiro atoms. The Balaban J connectivity index is 1.60. The van der Waals surface area contributed by atoms with Gasteiger partial charge in [-0.2, -0.15) is 0 Å². The second-order valence-electron chi connectivity index (χ2n) is 8.33. The molecule has 9 heteroatoms. The number of benzene rings is 1. The number of carbonyl (C=O) groups excluding carboxylic acids is 4. The standard InChI is InChI=1S/C25H28FNO6S/c1-4-32-25(31)22-18-10-5-14(2)13-20(18)34-24(22)27-23(30)15(3)33-21(29)12-11-19(28)16-6-8-17(26)9-7-16/h6-9,14-15H,4-5,10-13H2,1-3H3,(H,27,30). The van der Waals surface area contributed by atoms with Gasteiger partial charge in [-0.25, -0.2) is 9.18 Å². The largest absolute Gasteiger partial charge is 0.462 e. The lowest BCUT2D eigenvalue weighted by Gasteiger charge is -2.18. The van der Waals surface area contributed by atoms with Crippen molar-refractivity contribution in [3.63, 3.8) is 0 Å². The van der Waals surface area contributed by atoms with E-state index >= 15 is 0 Å². The molecule has 2 aromatic rings. The van der Waals surface area contributed by atoms with Crippen molar-refractivity contribution >= 4 is 40.0 Å². The first-order chi connectivity index (χ1) is 16.2. The Kier molecular flexibility index (Phi) is 8.55. The number of halogens is 1. The van der Waals surface area contributed by atoms with Gasteiger partial charge in [0.1, 0.15) is 10.8 Å². The molecule has 0 saturated carbocycles. The minimum atomic E-state index is -1.12. The Morgan fingerprint density at radius 2 is 1.88 bits per heavy atom. The molecule has 0 bridgehead atoms. The SMILES string of the molecule is CCOC(=O)c1c(NC(=O)C(C)OC(=O)CCC(=O)c2ccc(F)cc2)sc2c1CCC(C)C2. The van der Waals surface area contributed by atoms with Crippen LogP contribution in [-0.2, 0) is 31.9 Å². The first kappa shape index (κ1) is 25.6. The fourth-order valence-electron chi connectivity index (χ4n) is 3.78. The van der Waals surface area contributed by atoms with Crippen LogP contribution < -0.4 is 5.32 Å². The van der Waals surface area contributed by atoms with Crippen molar-refractivity contribution in [2.75, 3.05) is 11.9 Å². The van der Waals surface area contributed by atoms with Gasteiger partial charge in [0, 0.05) is 16.9 Å². The Morgan fingerprint density at radius 1 is 1.18 bits per heavy atom. The number of rotatable bonds is 9. The molecular weight excluding hydrogens is 461 g/mol. The van der Waals surface area contributed by atoms with Crippen molar-refractivity contribution in [3.8, 4) is 0 Å². The van der Waals surface area contributed by atoms with E-state index in [-0.39, 0.29) is 25.2 Å². The van der Waals surface area contributed by atoms with Crippen molar-refractivity contribution in [1.82, 2.24) is 0 Å². The molecule has 1 amide bonds. The van der Waals surface area contributed by atoms with E-state index < -0.39 is 29.8 Å². The second kappa shape index (κ2) is 11.4. The predicted molar refractivity (Wildman–Crippen MR) is 126 cm³/mol. The molecule has 1 aliphatic carbocycles. The maximum Gasteiger partial charge on any atom is 0.341 e. The van der Waals surface area contributed by atoms with Crippen LogP contribution in [0.3, 0.4) is 0 Å². The summed E-state index contributed by atoms with van der Waals surface area (Å²) in [5, 5.41) is 3.12. The molecule has 1 aliphatic rings. The number of nitrogens with one attached hydrogen (secondary N) is 1. The summed E-state index contributed by atoms with van der Waals surface area (Å²) in [5.74, 6) is -2.05. The summed E-state index contributed by atoms with van der Waals surface area (Å²) in [6, 6.07) is 5.04. The van der Waals surface area contributed by atoms with E-state index in [1.807, 2.05) is 0 Å². The van der Waals surface area contributed by atoms with Crippen LogP contribution in [0.2, 0.25) is 0 Å². The van der Waals surface area contributed by atoms with E-state index in [1.165, 1.54) is 42.5 Å². The molecule has 0 saturated heterocycles. The zero-order chi connectivity index (χ0) is 24.8. The van der Waals surface area contributed by atoms with Crippen LogP contribution in [0.25, 0.3) is 0 Å². The molecule has 182 valence electrons. The van der Waals surface area contributed by atoms with Gasteiger partial charge >= 0.3 is 11.9 Å². The lowest BCUT2D eigenvalue weighted by molar-refractivity contribution is -0.153. The van der Waals surface area contributed by atoms with Crippen LogP contribution in [-0.4, -0.2) is 36.3 Å². The van der Waals surface area contributed by atoms with Crippen LogP contribution in [0.4, 0.5) is 9.39 Å². The van der Waals surface area contributed by atoms with E-state index in [2.05, 4.69) is 12.2 Å². The van der Waals surface area contributed by atoms with Crippen molar-refractivity contribution in [3.05, 3.63) is 51.7 Å². The average molecular weight is 490 g/mol. The summed E-state index contributed by atoms with van der Waals surface area (Å²) >= 11 is 1.35. The molecule has 1 aromatic carbocycles. The second-order valence-corrected chi connectivity index (χ2v) is 9.43. The quantitative estimate of drug-likeness (QED) is 0.404. The highest BCUT2D eigenvalue weighted by atomic mass is 32.1. The Hall–Kier alpha value is -3.07. The monoisotopic (exact) mass is 489 g/mol. The summed E-state index contributed by atoms with van der Waals surface area (Å²) < 4.78 is 23.4. The van der Waals surface area contributed by atoms with Gasteiger partial charge in [-0.1, -0.05) is 6.92 Å². The summed E-state index contributed by atoms with van der Waals surface area (Å²) in [7, 11) is 0. The summed E-state index contributed by atoms with van der Waals surface area (Å²) in [4.78, 5) is 50.7. The van der Waals surface area contributed by atoms with Crippen molar-refractivity contribution in [2.24, 2.45) is 5.92 Å². The zero-order valence-corrected chi connectivity index (χ0v) is 20.3. The highest BCUT2D eigenvalue weighted by Gasteiger charge is 2.30. The molecule has 2 unspecified atom stereocenters. The minimum absolute atomic E-state index is 0.123. The fraction of sp³-hybridized carbons (Fsp3) is 0.440. The molecular formula is C25H28FNO6S. The minimum Gasteiger partial charge on any atom is -0.462 e. The number of esters is 2. The molecule has 34 heavy (non-hydrogen) atoms. The third kappa shape index (κ3) is 6.28. The van der Waals surface area contributed by atoms with Crippen LogP contribution in [0.1, 0.15) is 71.2 Å². The molecule has 1 N–H and O–H groups in total. The smallest absolute Gasteiger partial charge is 0.341 e. The number of anilines is 1. The van der Waals surface area contributed by atoms with E-state index in [9.17, 15) is 23.6 Å². The molecule has 0 radical (unpaired) electrons. The van der Waals surface area contributed by atoms with Crippen LogP contribution >= 0.6 is 11.3 Å². The third-order valence-corrected chi connectivity index (χ3v) is 6.80. The summed E-state index contributed by atoms with van der Waals surface area (Å²) in [6.07, 6.45) is 1.06. The summed E-state index contributed by atoms with van der Waals surface area (Å²) in [6.45, 7) is 5.51. The predicted octanol–water partition coefficient (Wildman–Crippen LogP) is 4.72. The van der Waals surface area contributed by atoms with Gasteiger partial charge in [-0.15, -0.1) is 11.3 Å². The van der Waals surface area contributed by atoms with E-state index in [1.54, 1.807) is 6.92 Å². The molecule has 3 rings (SSSR count). The molecule has 1 aromatic heterocycles. The molecule has 7 nitrogen and oxygen atoms in total. The normalized spacial score (nSPS) is 15.7. The van der Waals surface area contributed by atoms with Gasteiger partial charge in [0.2, 0.25) is 0 Å². The van der Waals surface area contributed by atoms with E-state index in [0.29, 0.717) is 22.0 Å². The first-order valence-corrected chi connectivity index (χ1v) is 12.1. The lowest BCUT2D eigenvalue weighted by atomic mass is 9.88. The van der Waals surface area contributed by atoms with E-state index in [4.69, 9.17) is 9.47 Å². The summed E-state index contributed by atoms with van der Waals surface area (Å²) in [5.41, 5.74) is 1.59. The highest BCUT2D eigenvalue weighted by Crippen LogP contribution is 2.40. The maximum atomic E-state index is 13.0. The number of Topliss-reactive ketones (excluding diaryl/α,β-unsaturated/α-hetero) is 1. The molecule has 0 fully saturated rings. The number of ether oxygens (including phenoxy) is 2. The Labute approximate surface area is 201 Å². The van der Waals surface area contributed by atoms with Gasteiger partial charge in [-0.05, 0) is 68.9 Å². The van der Waals surface area contributed by atoms with Crippen LogP contribution in [0, 0.1) is 11.7 Å². The number of fused-ring (bicyclic) bond motifs is 1. The zero-order valence-electron chi connectivity index (χ0n) is 19.4. The third-order valence-electron chi connectivity index (χ3n) is 5.63. The lowest BCUT2D eigenvalue weighted by Crippen LogP contribution is -2.30. The van der Waals surface area contributed by atoms with Gasteiger partial charge < -0.3 is 14.8 Å². The van der Waals surface area contributed by atoms with Crippen molar-refractivity contribution in [2.45, 2.75) is 59.0 Å². The van der Waals surface area contributed by atoms with Crippen molar-refractivity contribution in [1.29, 1.82) is 0 Å².